The summed E-state index contributed by atoms with van der Waals surface area (Å²) in [7, 11) is 1.36. The number of alkyl carbamates (subject to hydrolysis) is 1. The number of benzene rings is 1. The highest BCUT2D eigenvalue weighted by atomic mass is 35.5. The number of methoxy groups -OCH3 is 1. The Hall–Kier alpha value is -1.30. The fourth-order valence-corrected chi connectivity index (χ4v) is 2.58. The second-order valence-electron chi connectivity index (χ2n) is 4.56. The van der Waals surface area contributed by atoms with Crippen LogP contribution in [0.2, 0.25) is 5.02 Å². The summed E-state index contributed by atoms with van der Waals surface area (Å²) in [6, 6.07) is 7.72. The molecule has 1 unspecified atom stereocenters. The Morgan fingerprint density at radius 1 is 1.45 bits per heavy atom. The van der Waals surface area contributed by atoms with Gasteiger partial charge in [0.05, 0.1) is 26.4 Å². The normalized spacial score (nSPS) is 17.5. The average Bonchev–Trinajstić information content (AvgIpc) is 2.50. The van der Waals surface area contributed by atoms with Gasteiger partial charge in [-0.15, -0.1) is 0 Å². The maximum atomic E-state index is 11.3. The van der Waals surface area contributed by atoms with Crippen molar-refractivity contribution in [2.75, 3.05) is 40.0 Å². The number of ether oxygens (including phenoxy) is 2. The molecule has 1 aliphatic heterocycles. The molecule has 2 rings (SSSR count). The number of nitrogens with zero attached hydrogens (tertiary/aromatic N) is 1. The molecule has 0 radical (unpaired) electrons. The van der Waals surface area contributed by atoms with E-state index in [2.05, 4.69) is 15.0 Å². The first-order valence-corrected chi connectivity index (χ1v) is 6.98. The summed E-state index contributed by atoms with van der Waals surface area (Å²) in [6.45, 7) is 3.48. The van der Waals surface area contributed by atoms with Gasteiger partial charge in [-0.25, -0.2) is 4.79 Å². The summed E-state index contributed by atoms with van der Waals surface area (Å²) in [5.41, 5.74) is 1.01. The lowest BCUT2D eigenvalue weighted by Crippen LogP contribution is -2.43. The van der Waals surface area contributed by atoms with E-state index in [-0.39, 0.29) is 6.04 Å². The molecule has 1 atom stereocenters. The van der Waals surface area contributed by atoms with Gasteiger partial charge in [0.2, 0.25) is 0 Å². The van der Waals surface area contributed by atoms with Crippen molar-refractivity contribution < 1.29 is 14.3 Å². The average molecular weight is 299 g/mol. The van der Waals surface area contributed by atoms with E-state index < -0.39 is 6.09 Å². The molecule has 1 aliphatic rings. The van der Waals surface area contributed by atoms with Crippen LogP contribution in [0.5, 0.6) is 0 Å². The Balaban J connectivity index is 2.14. The SMILES string of the molecule is COC(=O)NCC(c1ccccc1Cl)N1CCOCC1. The number of carbonyl (C=O) groups is 1. The minimum absolute atomic E-state index is 0.0201. The quantitative estimate of drug-likeness (QED) is 0.924. The molecule has 1 fully saturated rings. The van der Waals surface area contributed by atoms with Crippen molar-refractivity contribution in [2.24, 2.45) is 0 Å². The van der Waals surface area contributed by atoms with Crippen molar-refractivity contribution in [1.29, 1.82) is 0 Å². The van der Waals surface area contributed by atoms with E-state index in [1.165, 1.54) is 7.11 Å². The van der Waals surface area contributed by atoms with Crippen molar-refractivity contribution in [3.05, 3.63) is 34.9 Å². The van der Waals surface area contributed by atoms with Crippen LogP contribution in [-0.2, 0) is 9.47 Å². The van der Waals surface area contributed by atoms with E-state index in [0.29, 0.717) is 24.8 Å². The van der Waals surface area contributed by atoms with E-state index >= 15 is 0 Å². The summed E-state index contributed by atoms with van der Waals surface area (Å²) in [5, 5.41) is 3.46. The standard InChI is InChI=1S/C14H19ClN2O3/c1-19-14(18)16-10-13(17-6-8-20-9-7-17)11-4-2-3-5-12(11)15/h2-5,13H,6-10H2,1H3,(H,16,18). The molecule has 1 aromatic carbocycles. The Morgan fingerprint density at radius 3 is 2.80 bits per heavy atom. The van der Waals surface area contributed by atoms with Gasteiger partial charge < -0.3 is 14.8 Å². The molecule has 110 valence electrons. The van der Waals surface area contributed by atoms with Crippen LogP contribution in [0.3, 0.4) is 0 Å². The molecule has 0 bridgehead atoms. The third-order valence-electron chi connectivity index (χ3n) is 3.38. The first-order chi connectivity index (χ1) is 9.72. The zero-order chi connectivity index (χ0) is 14.4. The van der Waals surface area contributed by atoms with Gasteiger partial charge in [0, 0.05) is 24.7 Å². The lowest BCUT2D eigenvalue weighted by Gasteiger charge is -2.35. The summed E-state index contributed by atoms with van der Waals surface area (Å²) < 4.78 is 10.0. The summed E-state index contributed by atoms with van der Waals surface area (Å²) in [5.74, 6) is 0. The fourth-order valence-electron chi connectivity index (χ4n) is 2.32. The van der Waals surface area contributed by atoms with E-state index in [9.17, 15) is 4.79 Å². The number of hydrogen-bond donors (Lipinski definition) is 1. The van der Waals surface area contributed by atoms with E-state index in [4.69, 9.17) is 16.3 Å². The maximum Gasteiger partial charge on any atom is 0.406 e. The monoisotopic (exact) mass is 298 g/mol. The number of hydrogen-bond acceptors (Lipinski definition) is 4. The third kappa shape index (κ3) is 3.85. The Morgan fingerprint density at radius 2 is 2.15 bits per heavy atom. The highest BCUT2D eigenvalue weighted by molar-refractivity contribution is 6.31. The topological polar surface area (TPSA) is 50.8 Å². The van der Waals surface area contributed by atoms with Crippen LogP contribution >= 0.6 is 11.6 Å². The Labute approximate surface area is 123 Å². The number of halogens is 1. The summed E-state index contributed by atoms with van der Waals surface area (Å²) in [6.07, 6.45) is -0.435. The van der Waals surface area contributed by atoms with Crippen molar-refractivity contribution in [1.82, 2.24) is 10.2 Å². The predicted octanol–water partition coefficient (Wildman–Crippen LogP) is 2.07. The first-order valence-electron chi connectivity index (χ1n) is 6.60. The van der Waals surface area contributed by atoms with Crippen LogP contribution in [0.1, 0.15) is 11.6 Å². The van der Waals surface area contributed by atoms with Gasteiger partial charge in [0.15, 0.2) is 0 Å². The second-order valence-corrected chi connectivity index (χ2v) is 4.97. The van der Waals surface area contributed by atoms with Crippen molar-refractivity contribution >= 4 is 17.7 Å². The van der Waals surface area contributed by atoms with Crippen molar-refractivity contribution in [2.45, 2.75) is 6.04 Å². The Kier molecular flexibility index (Phi) is 5.64. The molecule has 0 saturated carbocycles. The van der Waals surface area contributed by atoms with Crippen molar-refractivity contribution in [3.8, 4) is 0 Å². The number of morpholine rings is 1. The largest absolute Gasteiger partial charge is 0.453 e. The first kappa shape index (κ1) is 15.1. The fraction of sp³-hybridized carbons (Fsp3) is 0.500. The summed E-state index contributed by atoms with van der Waals surface area (Å²) >= 11 is 6.29. The molecular weight excluding hydrogens is 280 g/mol. The number of amides is 1. The molecule has 6 heteroatoms. The smallest absolute Gasteiger partial charge is 0.406 e. The van der Waals surface area contributed by atoms with Gasteiger partial charge in [-0.3, -0.25) is 4.90 Å². The van der Waals surface area contributed by atoms with Gasteiger partial charge >= 0.3 is 6.09 Å². The van der Waals surface area contributed by atoms with E-state index in [1.54, 1.807) is 0 Å². The molecule has 5 nitrogen and oxygen atoms in total. The molecule has 0 aliphatic carbocycles. The third-order valence-corrected chi connectivity index (χ3v) is 3.72. The molecule has 0 aromatic heterocycles. The van der Waals surface area contributed by atoms with Gasteiger partial charge in [0.1, 0.15) is 0 Å². The van der Waals surface area contributed by atoms with Crippen LogP contribution in [0.25, 0.3) is 0 Å². The Bertz CT molecular complexity index is 450. The number of nitrogens with one attached hydrogen (secondary N) is 1. The summed E-state index contributed by atoms with van der Waals surface area (Å²) in [4.78, 5) is 13.6. The molecule has 1 heterocycles. The second kappa shape index (κ2) is 7.47. The number of carbonyl (C=O) groups excluding carboxylic acids is 1. The highest BCUT2D eigenvalue weighted by Crippen LogP contribution is 2.27. The van der Waals surface area contributed by atoms with E-state index in [1.807, 2.05) is 24.3 Å². The van der Waals surface area contributed by atoms with Crippen molar-refractivity contribution in [3.63, 3.8) is 0 Å². The van der Waals surface area contributed by atoms with Crippen LogP contribution in [0, 0.1) is 0 Å². The predicted molar refractivity (Wildman–Crippen MR) is 77.0 cm³/mol. The van der Waals surface area contributed by atoms with Gasteiger partial charge in [-0.1, -0.05) is 29.8 Å². The van der Waals surface area contributed by atoms with Crippen LogP contribution in [0.4, 0.5) is 4.79 Å². The molecule has 1 N–H and O–H groups in total. The minimum Gasteiger partial charge on any atom is -0.453 e. The van der Waals surface area contributed by atoms with Gasteiger partial charge in [0.25, 0.3) is 0 Å². The molecule has 1 aromatic rings. The highest BCUT2D eigenvalue weighted by Gasteiger charge is 2.24. The molecule has 20 heavy (non-hydrogen) atoms. The minimum atomic E-state index is -0.435. The molecule has 1 saturated heterocycles. The zero-order valence-corrected chi connectivity index (χ0v) is 12.2. The molecule has 1 amide bonds. The zero-order valence-electron chi connectivity index (χ0n) is 11.5. The van der Waals surface area contributed by atoms with E-state index in [0.717, 1.165) is 18.7 Å². The van der Waals surface area contributed by atoms with Crippen LogP contribution in [-0.4, -0.2) is 51.0 Å². The van der Waals surface area contributed by atoms with Crippen LogP contribution < -0.4 is 5.32 Å². The molecule has 0 spiro atoms. The lowest BCUT2D eigenvalue weighted by atomic mass is 10.0. The van der Waals surface area contributed by atoms with Gasteiger partial charge in [-0.05, 0) is 11.6 Å². The van der Waals surface area contributed by atoms with Gasteiger partial charge in [-0.2, -0.15) is 0 Å². The maximum absolute atomic E-state index is 11.3. The molecular formula is C14H19ClN2O3. The lowest BCUT2D eigenvalue weighted by molar-refractivity contribution is 0.0162. The number of rotatable bonds is 4. The van der Waals surface area contributed by atoms with Crippen LogP contribution in [0.15, 0.2) is 24.3 Å².